The number of ether oxygens (including phenoxy) is 2. The molecule has 0 saturated carbocycles. The highest BCUT2D eigenvalue weighted by Crippen LogP contribution is 1.92. The number of methoxy groups -OCH3 is 1. The van der Waals surface area contributed by atoms with E-state index in [1.165, 1.54) is 0 Å². The summed E-state index contributed by atoms with van der Waals surface area (Å²) in [6.45, 7) is 3.89. The summed E-state index contributed by atoms with van der Waals surface area (Å²) in [5.74, 6) is 0.960. The number of aryl methyl sites for hydroxylation is 1. The molecule has 1 aromatic heterocycles. The molecule has 1 heterocycles. The average molecular weight is 242 g/mol. The SMILES string of the molecule is COCCOCCCCNCc1ncnn1C. The first-order valence-corrected chi connectivity index (χ1v) is 5.95. The number of nitrogens with zero attached hydrogens (tertiary/aromatic N) is 3. The van der Waals surface area contributed by atoms with Gasteiger partial charge in [0.05, 0.1) is 19.8 Å². The van der Waals surface area contributed by atoms with E-state index in [0.29, 0.717) is 13.2 Å². The molecule has 0 fully saturated rings. The predicted octanol–water partition coefficient (Wildman–Crippen LogP) is 0.348. The van der Waals surface area contributed by atoms with Crippen LogP contribution in [0, 0.1) is 0 Å². The zero-order valence-electron chi connectivity index (χ0n) is 10.7. The molecule has 6 heteroatoms. The third-order valence-corrected chi connectivity index (χ3v) is 2.41. The van der Waals surface area contributed by atoms with Crippen molar-refractivity contribution in [2.45, 2.75) is 19.4 Å². The van der Waals surface area contributed by atoms with Crippen LogP contribution in [-0.4, -0.2) is 48.2 Å². The predicted molar refractivity (Wildman–Crippen MR) is 64.6 cm³/mol. The van der Waals surface area contributed by atoms with Gasteiger partial charge in [0.15, 0.2) is 0 Å². The van der Waals surface area contributed by atoms with E-state index in [4.69, 9.17) is 9.47 Å². The van der Waals surface area contributed by atoms with Crippen molar-refractivity contribution in [1.29, 1.82) is 0 Å². The Morgan fingerprint density at radius 2 is 2.18 bits per heavy atom. The Morgan fingerprint density at radius 3 is 2.88 bits per heavy atom. The first kappa shape index (κ1) is 14.1. The van der Waals surface area contributed by atoms with E-state index >= 15 is 0 Å². The number of rotatable bonds is 10. The molecule has 0 aliphatic rings. The van der Waals surface area contributed by atoms with Crippen LogP contribution in [0.25, 0.3) is 0 Å². The lowest BCUT2D eigenvalue weighted by atomic mass is 10.3. The van der Waals surface area contributed by atoms with Gasteiger partial charge in [-0.15, -0.1) is 0 Å². The summed E-state index contributed by atoms with van der Waals surface area (Å²) in [4.78, 5) is 4.13. The topological polar surface area (TPSA) is 61.2 Å². The Bertz CT molecular complexity index is 291. The molecule has 0 aliphatic carbocycles. The fraction of sp³-hybridized carbons (Fsp3) is 0.818. The second-order valence-electron chi connectivity index (χ2n) is 3.79. The average Bonchev–Trinajstić information content (AvgIpc) is 2.73. The number of unbranched alkanes of at least 4 members (excludes halogenated alkanes) is 1. The van der Waals surface area contributed by atoms with Gasteiger partial charge in [-0.3, -0.25) is 4.68 Å². The fourth-order valence-electron chi connectivity index (χ4n) is 1.38. The first-order chi connectivity index (χ1) is 8.34. The molecule has 98 valence electrons. The summed E-state index contributed by atoms with van der Waals surface area (Å²) in [7, 11) is 3.58. The van der Waals surface area contributed by atoms with E-state index in [1.807, 2.05) is 7.05 Å². The van der Waals surface area contributed by atoms with Crippen molar-refractivity contribution in [3.8, 4) is 0 Å². The molecule has 0 aromatic carbocycles. The van der Waals surface area contributed by atoms with Crippen LogP contribution in [0.3, 0.4) is 0 Å². The largest absolute Gasteiger partial charge is 0.382 e. The molecular weight excluding hydrogens is 220 g/mol. The second kappa shape index (κ2) is 9.09. The number of aromatic nitrogens is 3. The Balaban J connectivity index is 1.86. The Hall–Kier alpha value is -0.980. The molecular formula is C11H22N4O2. The molecule has 17 heavy (non-hydrogen) atoms. The van der Waals surface area contributed by atoms with Gasteiger partial charge in [0.1, 0.15) is 12.2 Å². The highest BCUT2D eigenvalue weighted by atomic mass is 16.5. The highest BCUT2D eigenvalue weighted by molar-refractivity contribution is 4.81. The van der Waals surface area contributed by atoms with Gasteiger partial charge in [-0.2, -0.15) is 5.10 Å². The minimum atomic E-state index is 0.671. The van der Waals surface area contributed by atoms with Crippen LogP contribution >= 0.6 is 0 Å². The molecule has 0 amide bonds. The van der Waals surface area contributed by atoms with Crippen molar-refractivity contribution in [3.05, 3.63) is 12.2 Å². The lowest BCUT2D eigenvalue weighted by Crippen LogP contribution is -2.18. The Labute approximate surface area is 102 Å². The minimum Gasteiger partial charge on any atom is -0.382 e. The molecule has 1 aromatic rings. The maximum atomic E-state index is 5.37. The van der Waals surface area contributed by atoms with Crippen LogP contribution < -0.4 is 5.32 Å². The molecule has 1 N–H and O–H groups in total. The third kappa shape index (κ3) is 6.35. The van der Waals surface area contributed by atoms with Gasteiger partial charge in [-0.25, -0.2) is 4.98 Å². The van der Waals surface area contributed by atoms with Crippen LogP contribution in [0.1, 0.15) is 18.7 Å². The molecule has 0 radical (unpaired) electrons. The molecule has 0 atom stereocenters. The Morgan fingerprint density at radius 1 is 1.29 bits per heavy atom. The molecule has 1 rings (SSSR count). The normalized spacial score (nSPS) is 10.9. The molecule has 0 unspecified atom stereocenters. The lowest BCUT2D eigenvalue weighted by Gasteiger charge is -2.05. The van der Waals surface area contributed by atoms with Crippen LogP contribution in [0.5, 0.6) is 0 Å². The van der Waals surface area contributed by atoms with Gasteiger partial charge in [0.2, 0.25) is 0 Å². The van der Waals surface area contributed by atoms with Crippen molar-refractivity contribution in [3.63, 3.8) is 0 Å². The second-order valence-corrected chi connectivity index (χ2v) is 3.79. The molecule has 0 bridgehead atoms. The van der Waals surface area contributed by atoms with Crippen molar-refractivity contribution >= 4 is 0 Å². The highest BCUT2D eigenvalue weighted by Gasteiger charge is 1.98. The maximum Gasteiger partial charge on any atom is 0.140 e. The van der Waals surface area contributed by atoms with E-state index < -0.39 is 0 Å². The summed E-state index contributed by atoms with van der Waals surface area (Å²) in [6, 6.07) is 0. The quantitative estimate of drug-likeness (QED) is 0.600. The minimum absolute atomic E-state index is 0.671. The van der Waals surface area contributed by atoms with Gasteiger partial charge in [0.25, 0.3) is 0 Å². The molecule has 0 aliphatic heterocycles. The van der Waals surface area contributed by atoms with Crippen LogP contribution in [0.15, 0.2) is 6.33 Å². The van der Waals surface area contributed by atoms with Crippen molar-refractivity contribution in [2.24, 2.45) is 7.05 Å². The van der Waals surface area contributed by atoms with E-state index in [9.17, 15) is 0 Å². The third-order valence-electron chi connectivity index (χ3n) is 2.41. The van der Waals surface area contributed by atoms with E-state index in [0.717, 1.165) is 38.4 Å². The van der Waals surface area contributed by atoms with Gasteiger partial charge in [-0.1, -0.05) is 0 Å². The summed E-state index contributed by atoms with van der Waals surface area (Å²) < 4.78 is 12.0. The van der Waals surface area contributed by atoms with Gasteiger partial charge < -0.3 is 14.8 Å². The lowest BCUT2D eigenvalue weighted by molar-refractivity contribution is 0.0688. The number of hydrogen-bond donors (Lipinski definition) is 1. The Kier molecular flexibility index (Phi) is 7.53. The van der Waals surface area contributed by atoms with Crippen molar-refractivity contribution in [1.82, 2.24) is 20.1 Å². The van der Waals surface area contributed by atoms with E-state index in [-0.39, 0.29) is 0 Å². The van der Waals surface area contributed by atoms with Gasteiger partial charge in [0, 0.05) is 20.8 Å². The molecule has 0 spiro atoms. The monoisotopic (exact) mass is 242 g/mol. The molecule has 0 saturated heterocycles. The zero-order chi connectivity index (χ0) is 12.3. The van der Waals surface area contributed by atoms with Crippen molar-refractivity contribution < 1.29 is 9.47 Å². The van der Waals surface area contributed by atoms with E-state index in [1.54, 1.807) is 18.1 Å². The van der Waals surface area contributed by atoms with Gasteiger partial charge in [-0.05, 0) is 19.4 Å². The summed E-state index contributed by atoms with van der Waals surface area (Å²) >= 11 is 0. The summed E-state index contributed by atoms with van der Waals surface area (Å²) in [6.07, 6.45) is 3.74. The fourth-order valence-corrected chi connectivity index (χ4v) is 1.38. The van der Waals surface area contributed by atoms with Gasteiger partial charge >= 0.3 is 0 Å². The molecule has 6 nitrogen and oxygen atoms in total. The summed E-state index contributed by atoms with van der Waals surface area (Å²) in [5.41, 5.74) is 0. The maximum absolute atomic E-state index is 5.37. The van der Waals surface area contributed by atoms with E-state index in [2.05, 4.69) is 15.4 Å². The number of hydrogen-bond acceptors (Lipinski definition) is 5. The number of nitrogens with one attached hydrogen (secondary N) is 1. The van der Waals surface area contributed by atoms with Crippen molar-refractivity contribution in [2.75, 3.05) is 33.5 Å². The first-order valence-electron chi connectivity index (χ1n) is 5.95. The standard InChI is InChI=1S/C11H22N4O2/c1-15-11(13-10-14-15)9-12-5-3-4-6-17-8-7-16-2/h10,12H,3-9H2,1-2H3. The van der Waals surface area contributed by atoms with Crippen LogP contribution in [0.2, 0.25) is 0 Å². The zero-order valence-corrected chi connectivity index (χ0v) is 10.7. The van der Waals surface area contributed by atoms with Crippen LogP contribution in [-0.2, 0) is 23.1 Å². The summed E-state index contributed by atoms with van der Waals surface area (Å²) in [5, 5.41) is 7.33. The van der Waals surface area contributed by atoms with Crippen LogP contribution in [0.4, 0.5) is 0 Å². The smallest absolute Gasteiger partial charge is 0.140 e.